The van der Waals surface area contributed by atoms with Crippen molar-refractivity contribution in [2.24, 2.45) is 0 Å². The van der Waals surface area contributed by atoms with Gasteiger partial charge < -0.3 is 20.1 Å². The SMILES string of the molecule is COc1ccc(NC(=O)CNc2ccccc2C(C)(C)C)c(OC)c1. The summed E-state index contributed by atoms with van der Waals surface area (Å²) < 4.78 is 10.5. The number of carbonyl (C=O) groups is 1. The number of benzene rings is 2. The molecule has 5 nitrogen and oxygen atoms in total. The number of hydrogen-bond acceptors (Lipinski definition) is 4. The van der Waals surface area contributed by atoms with Gasteiger partial charge in [0.15, 0.2) is 0 Å². The topological polar surface area (TPSA) is 59.6 Å². The standard InChI is InChI=1S/C20H26N2O3/c1-20(2,3)15-8-6-7-9-16(15)21-13-19(23)22-17-11-10-14(24-4)12-18(17)25-5/h6-12,21H,13H2,1-5H3,(H,22,23). The molecule has 2 rings (SSSR count). The Morgan fingerprint density at radius 3 is 2.36 bits per heavy atom. The first-order valence-corrected chi connectivity index (χ1v) is 8.20. The van der Waals surface area contributed by atoms with Crippen molar-refractivity contribution in [2.75, 3.05) is 31.4 Å². The summed E-state index contributed by atoms with van der Waals surface area (Å²) in [5.41, 5.74) is 2.75. The Hall–Kier alpha value is -2.69. The molecule has 2 aromatic rings. The van der Waals surface area contributed by atoms with Crippen LogP contribution in [0, 0.1) is 0 Å². The van der Waals surface area contributed by atoms with Gasteiger partial charge in [0.25, 0.3) is 0 Å². The number of carbonyl (C=O) groups excluding carboxylic acids is 1. The molecule has 0 saturated heterocycles. The van der Waals surface area contributed by atoms with Gasteiger partial charge in [0.05, 0.1) is 26.5 Å². The molecule has 0 radical (unpaired) electrons. The lowest BCUT2D eigenvalue weighted by Crippen LogP contribution is -2.24. The summed E-state index contributed by atoms with van der Waals surface area (Å²) in [6.07, 6.45) is 0. The van der Waals surface area contributed by atoms with Gasteiger partial charge in [0.2, 0.25) is 5.91 Å². The Balaban J connectivity index is 2.05. The summed E-state index contributed by atoms with van der Waals surface area (Å²) in [7, 11) is 3.14. The maximum Gasteiger partial charge on any atom is 0.243 e. The van der Waals surface area contributed by atoms with E-state index in [1.807, 2.05) is 18.2 Å². The molecular weight excluding hydrogens is 316 g/mol. The van der Waals surface area contributed by atoms with E-state index < -0.39 is 0 Å². The fraction of sp³-hybridized carbons (Fsp3) is 0.350. The molecule has 2 N–H and O–H groups in total. The Morgan fingerprint density at radius 2 is 1.72 bits per heavy atom. The van der Waals surface area contributed by atoms with Crippen LogP contribution in [-0.4, -0.2) is 26.7 Å². The van der Waals surface area contributed by atoms with Crippen LogP contribution < -0.4 is 20.1 Å². The van der Waals surface area contributed by atoms with Crippen LogP contribution in [0.2, 0.25) is 0 Å². The van der Waals surface area contributed by atoms with Gasteiger partial charge in [-0.3, -0.25) is 4.79 Å². The zero-order chi connectivity index (χ0) is 18.4. The van der Waals surface area contributed by atoms with Gasteiger partial charge in [-0.05, 0) is 29.2 Å². The predicted molar refractivity (Wildman–Crippen MR) is 102 cm³/mol. The number of ether oxygens (including phenoxy) is 2. The van der Waals surface area contributed by atoms with Crippen LogP contribution in [0.5, 0.6) is 11.5 Å². The second-order valence-electron chi connectivity index (χ2n) is 6.76. The smallest absolute Gasteiger partial charge is 0.243 e. The molecule has 134 valence electrons. The largest absolute Gasteiger partial charge is 0.497 e. The van der Waals surface area contributed by atoms with Crippen LogP contribution in [0.3, 0.4) is 0 Å². The van der Waals surface area contributed by atoms with Crippen LogP contribution in [0.4, 0.5) is 11.4 Å². The van der Waals surface area contributed by atoms with E-state index in [4.69, 9.17) is 9.47 Å². The van der Waals surface area contributed by atoms with Gasteiger partial charge in [-0.25, -0.2) is 0 Å². The third-order valence-corrected chi connectivity index (χ3v) is 3.86. The summed E-state index contributed by atoms with van der Waals surface area (Å²) in [6.45, 7) is 6.61. The van der Waals surface area contributed by atoms with Crippen molar-refractivity contribution in [2.45, 2.75) is 26.2 Å². The number of para-hydroxylation sites is 1. The minimum absolute atomic E-state index is 0.000721. The highest BCUT2D eigenvalue weighted by Gasteiger charge is 2.17. The quantitative estimate of drug-likeness (QED) is 0.831. The van der Waals surface area contributed by atoms with Crippen molar-refractivity contribution in [1.29, 1.82) is 0 Å². The molecule has 0 aromatic heterocycles. The molecule has 0 fully saturated rings. The van der Waals surface area contributed by atoms with E-state index >= 15 is 0 Å². The average Bonchev–Trinajstić information content (AvgIpc) is 2.59. The van der Waals surface area contributed by atoms with Crippen LogP contribution in [0.25, 0.3) is 0 Å². The molecule has 0 atom stereocenters. The number of methoxy groups -OCH3 is 2. The molecule has 25 heavy (non-hydrogen) atoms. The minimum atomic E-state index is -0.146. The molecule has 0 aliphatic heterocycles. The Kier molecular flexibility index (Phi) is 5.91. The zero-order valence-electron chi connectivity index (χ0n) is 15.5. The normalized spacial score (nSPS) is 10.9. The summed E-state index contributed by atoms with van der Waals surface area (Å²) in [4.78, 5) is 12.3. The summed E-state index contributed by atoms with van der Waals surface area (Å²) >= 11 is 0. The van der Waals surface area contributed by atoms with Gasteiger partial charge in [0, 0.05) is 11.8 Å². The number of rotatable bonds is 6. The number of anilines is 2. The van der Waals surface area contributed by atoms with Crippen LogP contribution in [0.15, 0.2) is 42.5 Å². The molecule has 0 aliphatic rings. The van der Waals surface area contributed by atoms with E-state index in [0.717, 1.165) is 5.69 Å². The number of hydrogen-bond donors (Lipinski definition) is 2. The van der Waals surface area contributed by atoms with Crippen LogP contribution >= 0.6 is 0 Å². The third-order valence-electron chi connectivity index (χ3n) is 3.86. The first kappa shape index (κ1) is 18.6. The van der Waals surface area contributed by atoms with Gasteiger partial charge in [-0.15, -0.1) is 0 Å². The number of amides is 1. The van der Waals surface area contributed by atoms with Gasteiger partial charge in [0.1, 0.15) is 11.5 Å². The van der Waals surface area contributed by atoms with Crippen molar-refractivity contribution in [3.8, 4) is 11.5 Å². The van der Waals surface area contributed by atoms with E-state index in [-0.39, 0.29) is 17.9 Å². The lowest BCUT2D eigenvalue weighted by molar-refractivity contribution is -0.114. The maximum atomic E-state index is 12.3. The fourth-order valence-corrected chi connectivity index (χ4v) is 2.56. The maximum absolute atomic E-state index is 12.3. The van der Waals surface area contributed by atoms with Crippen LogP contribution in [0.1, 0.15) is 26.3 Å². The molecule has 1 amide bonds. The first-order valence-electron chi connectivity index (χ1n) is 8.20. The molecule has 0 unspecified atom stereocenters. The van der Waals surface area contributed by atoms with Crippen molar-refractivity contribution < 1.29 is 14.3 Å². The molecular formula is C20H26N2O3. The van der Waals surface area contributed by atoms with Gasteiger partial charge in [-0.2, -0.15) is 0 Å². The van der Waals surface area contributed by atoms with E-state index in [1.165, 1.54) is 5.56 Å². The summed E-state index contributed by atoms with van der Waals surface area (Å²) in [5, 5.41) is 6.08. The van der Waals surface area contributed by atoms with E-state index in [9.17, 15) is 4.79 Å². The highest BCUT2D eigenvalue weighted by atomic mass is 16.5. The Labute approximate surface area is 149 Å². The van der Waals surface area contributed by atoms with Gasteiger partial charge in [-0.1, -0.05) is 39.0 Å². The fourth-order valence-electron chi connectivity index (χ4n) is 2.56. The van der Waals surface area contributed by atoms with Gasteiger partial charge >= 0.3 is 0 Å². The average molecular weight is 342 g/mol. The Morgan fingerprint density at radius 1 is 1.00 bits per heavy atom. The van der Waals surface area contributed by atoms with E-state index in [2.05, 4.69) is 37.5 Å². The highest BCUT2D eigenvalue weighted by molar-refractivity contribution is 5.95. The van der Waals surface area contributed by atoms with Crippen molar-refractivity contribution in [3.63, 3.8) is 0 Å². The molecule has 5 heteroatoms. The molecule has 2 aromatic carbocycles. The molecule has 0 saturated carbocycles. The van der Waals surface area contributed by atoms with E-state index in [1.54, 1.807) is 32.4 Å². The minimum Gasteiger partial charge on any atom is -0.497 e. The molecule has 0 heterocycles. The van der Waals surface area contributed by atoms with Crippen molar-refractivity contribution in [1.82, 2.24) is 0 Å². The predicted octanol–water partition coefficient (Wildman–Crippen LogP) is 4.05. The van der Waals surface area contributed by atoms with Crippen molar-refractivity contribution in [3.05, 3.63) is 48.0 Å². The summed E-state index contributed by atoms with van der Waals surface area (Å²) in [5.74, 6) is 1.09. The zero-order valence-corrected chi connectivity index (χ0v) is 15.5. The molecule has 0 spiro atoms. The van der Waals surface area contributed by atoms with Crippen LogP contribution in [-0.2, 0) is 10.2 Å². The molecule has 0 bridgehead atoms. The van der Waals surface area contributed by atoms with E-state index in [0.29, 0.717) is 17.2 Å². The molecule has 0 aliphatic carbocycles. The number of nitrogens with one attached hydrogen (secondary N) is 2. The monoisotopic (exact) mass is 342 g/mol. The third kappa shape index (κ3) is 4.89. The highest BCUT2D eigenvalue weighted by Crippen LogP contribution is 2.30. The van der Waals surface area contributed by atoms with Crippen molar-refractivity contribution >= 4 is 17.3 Å². The lowest BCUT2D eigenvalue weighted by atomic mass is 9.86. The second kappa shape index (κ2) is 7.92. The second-order valence-corrected chi connectivity index (χ2v) is 6.76. The first-order chi connectivity index (χ1) is 11.8. The Bertz CT molecular complexity index is 736. The lowest BCUT2D eigenvalue weighted by Gasteiger charge is -2.23. The summed E-state index contributed by atoms with van der Waals surface area (Å²) in [6, 6.07) is 13.3.